The SMILES string of the molecule is COc1ccccc1N=CCc1ncccc1C. The van der Waals surface area contributed by atoms with Gasteiger partial charge in [-0.05, 0) is 30.7 Å². The van der Waals surface area contributed by atoms with Crippen LogP contribution in [0, 0.1) is 6.92 Å². The van der Waals surface area contributed by atoms with Crippen LogP contribution in [0.4, 0.5) is 5.69 Å². The highest BCUT2D eigenvalue weighted by Gasteiger charge is 1.99. The maximum Gasteiger partial charge on any atom is 0.144 e. The molecule has 1 heterocycles. The summed E-state index contributed by atoms with van der Waals surface area (Å²) in [7, 11) is 1.65. The Bertz CT molecular complexity index is 550. The molecular weight excluding hydrogens is 224 g/mol. The molecule has 0 atom stereocenters. The van der Waals surface area contributed by atoms with Gasteiger partial charge in [0.25, 0.3) is 0 Å². The largest absolute Gasteiger partial charge is 0.494 e. The molecule has 0 unspecified atom stereocenters. The van der Waals surface area contributed by atoms with E-state index in [-0.39, 0.29) is 0 Å². The van der Waals surface area contributed by atoms with Crippen LogP contribution in [0.25, 0.3) is 0 Å². The molecule has 0 aliphatic heterocycles. The molecule has 0 fully saturated rings. The maximum atomic E-state index is 5.24. The van der Waals surface area contributed by atoms with E-state index in [1.54, 1.807) is 13.3 Å². The van der Waals surface area contributed by atoms with Gasteiger partial charge < -0.3 is 4.74 Å². The number of hydrogen-bond acceptors (Lipinski definition) is 3. The number of aryl methyl sites for hydroxylation is 1. The third kappa shape index (κ3) is 2.94. The van der Waals surface area contributed by atoms with Crippen LogP contribution in [-0.4, -0.2) is 18.3 Å². The molecule has 3 heteroatoms. The number of hydrogen-bond donors (Lipinski definition) is 0. The Balaban J connectivity index is 2.10. The first-order valence-electron chi connectivity index (χ1n) is 5.87. The van der Waals surface area contributed by atoms with E-state index in [1.807, 2.05) is 36.5 Å². The second-order valence-electron chi connectivity index (χ2n) is 3.95. The highest BCUT2D eigenvalue weighted by Crippen LogP contribution is 2.25. The zero-order valence-corrected chi connectivity index (χ0v) is 10.6. The van der Waals surface area contributed by atoms with Gasteiger partial charge in [0.2, 0.25) is 0 Å². The second kappa shape index (κ2) is 5.96. The van der Waals surface area contributed by atoms with Crippen molar-refractivity contribution in [1.29, 1.82) is 0 Å². The van der Waals surface area contributed by atoms with Crippen LogP contribution in [0.5, 0.6) is 5.75 Å². The Morgan fingerprint density at radius 1 is 1.22 bits per heavy atom. The summed E-state index contributed by atoms with van der Waals surface area (Å²) < 4.78 is 5.24. The lowest BCUT2D eigenvalue weighted by atomic mass is 10.2. The molecule has 3 nitrogen and oxygen atoms in total. The number of nitrogens with zero attached hydrogens (tertiary/aromatic N) is 2. The monoisotopic (exact) mass is 240 g/mol. The van der Waals surface area contributed by atoms with Gasteiger partial charge >= 0.3 is 0 Å². The van der Waals surface area contributed by atoms with Gasteiger partial charge in [0.1, 0.15) is 11.4 Å². The predicted octanol–water partition coefficient (Wildman–Crippen LogP) is 3.34. The Kier molecular flexibility index (Phi) is 4.07. The molecular formula is C15H16N2O. The van der Waals surface area contributed by atoms with E-state index in [0.29, 0.717) is 0 Å². The minimum absolute atomic E-state index is 0.727. The molecule has 0 bridgehead atoms. The van der Waals surface area contributed by atoms with Crippen LogP contribution in [0.1, 0.15) is 11.3 Å². The highest BCUT2D eigenvalue weighted by molar-refractivity contribution is 5.68. The number of para-hydroxylation sites is 2. The van der Waals surface area contributed by atoms with E-state index in [9.17, 15) is 0 Å². The van der Waals surface area contributed by atoms with Gasteiger partial charge in [-0.1, -0.05) is 18.2 Å². The first kappa shape index (κ1) is 12.3. The van der Waals surface area contributed by atoms with Gasteiger partial charge in [-0.2, -0.15) is 0 Å². The average molecular weight is 240 g/mol. The van der Waals surface area contributed by atoms with Crippen LogP contribution < -0.4 is 4.74 Å². The second-order valence-corrected chi connectivity index (χ2v) is 3.95. The van der Waals surface area contributed by atoms with Crippen LogP contribution in [0.15, 0.2) is 47.6 Å². The minimum Gasteiger partial charge on any atom is -0.494 e. The van der Waals surface area contributed by atoms with Gasteiger partial charge in [0.15, 0.2) is 0 Å². The molecule has 0 radical (unpaired) electrons. The van der Waals surface area contributed by atoms with Crippen LogP contribution >= 0.6 is 0 Å². The number of aliphatic imine (C=N–C) groups is 1. The van der Waals surface area contributed by atoms with Crippen molar-refractivity contribution in [3.8, 4) is 5.75 Å². The fraction of sp³-hybridized carbons (Fsp3) is 0.200. The van der Waals surface area contributed by atoms with Gasteiger partial charge in [0, 0.05) is 24.5 Å². The zero-order valence-electron chi connectivity index (χ0n) is 10.6. The summed E-state index contributed by atoms with van der Waals surface area (Å²) in [5, 5.41) is 0. The number of pyridine rings is 1. The number of rotatable bonds is 4. The third-order valence-corrected chi connectivity index (χ3v) is 2.72. The van der Waals surface area contributed by atoms with Gasteiger partial charge in [-0.3, -0.25) is 9.98 Å². The smallest absolute Gasteiger partial charge is 0.144 e. The van der Waals surface area contributed by atoms with Crippen molar-refractivity contribution in [2.45, 2.75) is 13.3 Å². The summed E-state index contributed by atoms with van der Waals surface area (Å²) in [6.45, 7) is 2.05. The van der Waals surface area contributed by atoms with E-state index < -0.39 is 0 Å². The van der Waals surface area contributed by atoms with Crippen molar-refractivity contribution >= 4 is 11.9 Å². The topological polar surface area (TPSA) is 34.5 Å². The number of ether oxygens (including phenoxy) is 1. The molecule has 2 aromatic rings. The van der Waals surface area contributed by atoms with Crippen molar-refractivity contribution in [3.63, 3.8) is 0 Å². The quantitative estimate of drug-likeness (QED) is 0.768. The summed E-state index contributed by atoms with van der Waals surface area (Å²) in [6, 6.07) is 11.7. The van der Waals surface area contributed by atoms with Crippen LogP contribution in [0.2, 0.25) is 0 Å². The molecule has 0 amide bonds. The Morgan fingerprint density at radius 2 is 2.06 bits per heavy atom. The number of aromatic nitrogens is 1. The van der Waals surface area contributed by atoms with Crippen molar-refractivity contribution in [1.82, 2.24) is 4.98 Å². The summed E-state index contributed by atoms with van der Waals surface area (Å²) >= 11 is 0. The standard InChI is InChI=1S/C15H16N2O/c1-12-6-5-10-16-13(12)9-11-17-14-7-3-4-8-15(14)18-2/h3-8,10-11H,9H2,1-2H3. The van der Waals surface area contributed by atoms with E-state index in [4.69, 9.17) is 4.74 Å². The molecule has 0 aliphatic carbocycles. The Morgan fingerprint density at radius 3 is 2.83 bits per heavy atom. The van der Waals surface area contributed by atoms with Gasteiger partial charge in [0.05, 0.1) is 7.11 Å². The average Bonchev–Trinajstić information content (AvgIpc) is 2.41. The van der Waals surface area contributed by atoms with Crippen molar-refractivity contribution in [2.75, 3.05) is 7.11 Å². The molecule has 0 saturated heterocycles. The molecule has 18 heavy (non-hydrogen) atoms. The molecule has 0 aliphatic rings. The van der Waals surface area contributed by atoms with Gasteiger partial charge in [-0.15, -0.1) is 0 Å². The zero-order chi connectivity index (χ0) is 12.8. The summed E-state index contributed by atoms with van der Waals surface area (Å²) in [6.07, 6.45) is 4.40. The van der Waals surface area contributed by atoms with Crippen LogP contribution in [-0.2, 0) is 6.42 Å². The van der Waals surface area contributed by atoms with E-state index in [2.05, 4.69) is 23.0 Å². The summed E-state index contributed by atoms with van der Waals surface area (Å²) in [4.78, 5) is 8.75. The van der Waals surface area contributed by atoms with Crippen molar-refractivity contribution < 1.29 is 4.74 Å². The lowest BCUT2D eigenvalue weighted by Gasteiger charge is -2.03. The Hall–Kier alpha value is -2.16. The fourth-order valence-electron chi connectivity index (χ4n) is 1.70. The summed E-state index contributed by atoms with van der Waals surface area (Å²) in [5.41, 5.74) is 3.08. The Labute approximate surface area is 107 Å². The van der Waals surface area contributed by atoms with Crippen LogP contribution in [0.3, 0.4) is 0 Å². The molecule has 0 spiro atoms. The number of benzene rings is 1. The van der Waals surface area contributed by atoms with Crippen molar-refractivity contribution in [3.05, 3.63) is 53.9 Å². The lowest BCUT2D eigenvalue weighted by molar-refractivity contribution is 0.416. The molecule has 0 N–H and O–H groups in total. The van der Waals surface area contributed by atoms with E-state index in [1.165, 1.54) is 5.56 Å². The van der Waals surface area contributed by atoms with E-state index >= 15 is 0 Å². The fourth-order valence-corrected chi connectivity index (χ4v) is 1.70. The normalized spacial score (nSPS) is 10.8. The summed E-state index contributed by atoms with van der Waals surface area (Å²) in [5.74, 6) is 0.784. The minimum atomic E-state index is 0.727. The molecule has 92 valence electrons. The van der Waals surface area contributed by atoms with E-state index in [0.717, 1.165) is 23.6 Å². The first-order chi connectivity index (χ1) is 8.81. The molecule has 0 saturated carbocycles. The number of methoxy groups -OCH3 is 1. The third-order valence-electron chi connectivity index (χ3n) is 2.72. The lowest BCUT2D eigenvalue weighted by Crippen LogP contribution is -1.94. The maximum absolute atomic E-state index is 5.24. The van der Waals surface area contributed by atoms with Gasteiger partial charge in [-0.25, -0.2) is 0 Å². The predicted molar refractivity (Wildman–Crippen MR) is 73.8 cm³/mol. The molecule has 2 rings (SSSR count). The molecule has 1 aromatic carbocycles. The van der Waals surface area contributed by atoms with Crippen molar-refractivity contribution in [2.24, 2.45) is 4.99 Å². The molecule has 1 aromatic heterocycles. The highest BCUT2D eigenvalue weighted by atomic mass is 16.5. The first-order valence-corrected chi connectivity index (χ1v) is 5.87.